The van der Waals surface area contributed by atoms with Crippen molar-refractivity contribution < 1.29 is 28.6 Å². The zero-order chi connectivity index (χ0) is 21.1. The second-order valence-corrected chi connectivity index (χ2v) is 6.35. The lowest BCUT2D eigenvalue weighted by molar-refractivity contribution is -0.126. The Morgan fingerprint density at radius 2 is 1.93 bits per heavy atom. The normalized spacial score (nSPS) is 15.2. The van der Waals surface area contributed by atoms with E-state index < -0.39 is 17.8 Å². The fraction of sp³-hybridized carbons (Fsp3) is 0.389. The highest BCUT2D eigenvalue weighted by atomic mass is 16.5. The van der Waals surface area contributed by atoms with Crippen molar-refractivity contribution in [2.24, 2.45) is 5.92 Å². The lowest BCUT2D eigenvalue weighted by Crippen LogP contribution is -2.36. The molecular weight excluding hydrogens is 382 g/mol. The van der Waals surface area contributed by atoms with E-state index in [0.29, 0.717) is 23.3 Å². The highest BCUT2D eigenvalue weighted by molar-refractivity contribution is 6.03. The number of amides is 2. The Bertz CT molecular complexity index is 970. The van der Waals surface area contributed by atoms with Crippen LogP contribution in [0.1, 0.15) is 22.6 Å². The first-order valence-corrected chi connectivity index (χ1v) is 8.72. The van der Waals surface area contributed by atoms with Gasteiger partial charge in [0.2, 0.25) is 17.8 Å². The molecule has 29 heavy (non-hydrogen) atoms. The number of benzene rings is 1. The molecular formula is C18H21N5O6. The Balaban J connectivity index is 1.79. The van der Waals surface area contributed by atoms with Gasteiger partial charge < -0.3 is 19.5 Å². The van der Waals surface area contributed by atoms with E-state index in [0.717, 1.165) is 0 Å². The van der Waals surface area contributed by atoms with Crippen LogP contribution in [-0.2, 0) is 20.9 Å². The SMILES string of the molecule is COC(=O)c1cc(OC)c(OC)cc1NC(=O)C[C@@H]1Cn2nc(C)nc2NC1=O. The number of fused-ring (bicyclic) bond motifs is 1. The molecule has 1 aliphatic heterocycles. The third kappa shape index (κ3) is 4.13. The van der Waals surface area contributed by atoms with E-state index >= 15 is 0 Å². The molecule has 0 aliphatic carbocycles. The van der Waals surface area contributed by atoms with Gasteiger partial charge in [-0.2, -0.15) is 10.1 Å². The molecule has 2 N–H and O–H groups in total. The molecule has 1 aromatic heterocycles. The second-order valence-electron chi connectivity index (χ2n) is 6.35. The Morgan fingerprint density at radius 1 is 1.24 bits per heavy atom. The van der Waals surface area contributed by atoms with Crippen LogP contribution in [0, 0.1) is 12.8 Å². The summed E-state index contributed by atoms with van der Waals surface area (Å²) < 4.78 is 16.7. The van der Waals surface area contributed by atoms with Gasteiger partial charge in [0.05, 0.1) is 45.0 Å². The van der Waals surface area contributed by atoms with Gasteiger partial charge in [-0.25, -0.2) is 9.48 Å². The number of hydrogen-bond donors (Lipinski definition) is 2. The molecule has 11 nitrogen and oxygen atoms in total. The van der Waals surface area contributed by atoms with Crippen molar-refractivity contribution in [2.75, 3.05) is 32.0 Å². The van der Waals surface area contributed by atoms with Crippen LogP contribution in [0.15, 0.2) is 12.1 Å². The summed E-state index contributed by atoms with van der Waals surface area (Å²) in [5.41, 5.74) is 0.286. The van der Waals surface area contributed by atoms with Crippen molar-refractivity contribution in [3.8, 4) is 11.5 Å². The van der Waals surface area contributed by atoms with Crippen molar-refractivity contribution in [1.82, 2.24) is 14.8 Å². The van der Waals surface area contributed by atoms with Crippen LogP contribution >= 0.6 is 0 Å². The van der Waals surface area contributed by atoms with Crippen molar-refractivity contribution >= 4 is 29.4 Å². The highest BCUT2D eigenvalue weighted by Gasteiger charge is 2.30. The van der Waals surface area contributed by atoms with Gasteiger partial charge in [0.25, 0.3) is 0 Å². The van der Waals surface area contributed by atoms with E-state index in [1.165, 1.54) is 33.5 Å². The molecule has 0 radical (unpaired) electrons. The number of carbonyl (C=O) groups is 3. The average molecular weight is 403 g/mol. The van der Waals surface area contributed by atoms with Crippen LogP contribution in [0.5, 0.6) is 11.5 Å². The molecule has 1 aliphatic rings. The molecule has 0 bridgehead atoms. The standard InChI is InChI=1S/C18H21N5O6/c1-9-19-18-21-16(25)10(8-23(18)22-9)5-15(24)20-12-7-14(28-3)13(27-2)6-11(12)17(26)29-4/h6-7,10H,5,8H2,1-4H3,(H,20,24)(H,19,21,22,25)/t10-/m1/s1. The summed E-state index contributed by atoms with van der Waals surface area (Å²) >= 11 is 0. The largest absolute Gasteiger partial charge is 0.493 e. The number of esters is 1. The Labute approximate surface area is 166 Å². The fourth-order valence-corrected chi connectivity index (χ4v) is 3.02. The number of rotatable bonds is 6. The van der Waals surface area contributed by atoms with Crippen LogP contribution in [0.4, 0.5) is 11.6 Å². The Hall–Kier alpha value is -3.63. The first kappa shape index (κ1) is 20.1. The van der Waals surface area contributed by atoms with Gasteiger partial charge in [0, 0.05) is 18.6 Å². The smallest absolute Gasteiger partial charge is 0.340 e. The summed E-state index contributed by atoms with van der Waals surface area (Å²) in [5.74, 6) is -0.538. The summed E-state index contributed by atoms with van der Waals surface area (Å²) in [7, 11) is 4.10. The summed E-state index contributed by atoms with van der Waals surface area (Å²) in [6, 6.07) is 2.88. The fourth-order valence-electron chi connectivity index (χ4n) is 3.02. The second kappa shape index (κ2) is 8.17. The quantitative estimate of drug-likeness (QED) is 0.682. The molecule has 11 heteroatoms. The maximum absolute atomic E-state index is 12.6. The average Bonchev–Trinajstić information content (AvgIpc) is 3.05. The van der Waals surface area contributed by atoms with Gasteiger partial charge in [0.15, 0.2) is 11.5 Å². The van der Waals surface area contributed by atoms with Crippen LogP contribution in [0.25, 0.3) is 0 Å². The maximum Gasteiger partial charge on any atom is 0.340 e. The number of aryl methyl sites for hydroxylation is 1. The Morgan fingerprint density at radius 3 is 2.59 bits per heavy atom. The lowest BCUT2D eigenvalue weighted by Gasteiger charge is -2.22. The number of hydrogen-bond acceptors (Lipinski definition) is 8. The minimum absolute atomic E-state index is 0.0979. The van der Waals surface area contributed by atoms with E-state index in [-0.39, 0.29) is 30.1 Å². The predicted molar refractivity (Wildman–Crippen MR) is 101 cm³/mol. The van der Waals surface area contributed by atoms with Crippen LogP contribution in [-0.4, -0.2) is 53.9 Å². The van der Waals surface area contributed by atoms with E-state index in [2.05, 4.69) is 20.7 Å². The first-order valence-electron chi connectivity index (χ1n) is 8.72. The van der Waals surface area contributed by atoms with Crippen molar-refractivity contribution in [1.29, 1.82) is 0 Å². The number of ether oxygens (including phenoxy) is 3. The molecule has 3 rings (SSSR count). The first-order chi connectivity index (χ1) is 13.9. The zero-order valence-corrected chi connectivity index (χ0v) is 16.4. The molecule has 1 aromatic carbocycles. The molecule has 154 valence electrons. The molecule has 0 fully saturated rings. The topological polar surface area (TPSA) is 134 Å². The van der Waals surface area contributed by atoms with E-state index in [1.54, 1.807) is 11.6 Å². The molecule has 0 unspecified atom stereocenters. The number of carbonyl (C=O) groups excluding carboxylic acids is 3. The molecule has 0 saturated carbocycles. The minimum atomic E-state index is -0.653. The predicted octanol–water partition coefficient (Wildman–Crippen LogP) is 0.987. The van der Waals surface area contributed by atoms with Gasteiger partial charge >= 0.3 is 5.97 Å². The van der Waals surface area contributed by atoms with Gasteiger partial charge in [-0.3, -0.25) is 14.9 Å². The molecule has 2 heterocycles. The van der Waals surface area contributed by atoms with E-state index in [9.17, 15) is 14.4 Å². The molecule has 0 saturated heterocycles. The van der Waals surface area contributed by atoms with Crippen LogP contribution in [0.3, 0.4) is 0 Å². The molecule has 1 atom stereocenters. The summed E-state index contributed by atoms with van der Waals surface area (Å²) in [4.78, 5) is 41.1. The zero-order valence-electron chi connectivity index (χ0n) is 16.4. The van der Waals surface area contributed by atoms with E-state index in [1.807, 2.05) is 0 Å². The monoisotopic (exact) mass is 403 g/mol. The van der Waals surface area contributed by atoms with Crippen molar-refractivity contribution in [3.05, 3.63) is 23.5 Å². The van der Waals surface area contributed by atoms with Gasteiger partial charge in [-0.1, -0.05) is 0 Å². The summed E-state index contributed by atoms with van der Waals surface area (Å²) in [6.07, 6.45) is -0.112. The number of aromatic nitrogens is 3. The lowest BCUT2D eigenvalue weighted by atomic mass is 10.0. The van der Waals surface area contributed by atoms with Gasteiger partial charge in [-0.15, -0.1) is 0 Å². The van der Waals surface area contributed by atoms with E-state index in [4.69, 9.17) is 14.2 Å². The van der Waals surface area contributed by atoms with Crippen LogP contribution in [0.2, 0.25) is 0 Å². The van der Waals surface area contributed by atoms with Crippen molar-refractivity contribution in [2.45, 2.75) is 19.9 Å². The minimum Gasteiger partial charge on any atom is -0.493 e. The summed E-state index contributed by atoms with van der Waals surface area (Å²) in [6.45, 7) is 1.94. The number of methoxy groups -OCH3 is 3. The third-order valence-corrected chi connectivity index (χ3v) is 4.41. The number of anilines is 2. The molecule has 0 spiro atoms. The molecule has 2 aromatic rings. The number of nitrogens with zero attached hydrogens (tertiary/aromatic N) is 3. The van der Waals surface area contributed by atoms with Gasteiger partial charge in [0.1, 0.15) is 5.82 Å². The Kier molecular flexibility index (Phi) is 5.66. The van der Waals surface area contributed by atoms with Crippen LogP contribution < -0.4 is 20.1 Å². The molecule has 2 amide bonds. The third-order valence-electron chi connectivity index (χ3n) is 4.41. The van der Waals surface area contributed by atoms with Crippen molar-refractivity contribution in [3.63, 3.8) is 0 Å². The highest BCUT2D eigenvalue weighted by Crippen LogP contribution is 2.34. The van der Waals surface area contributed by atoms with Gasteiger partial charge in [-0.05, 0) is 6.92 Å². The summed E-state index contributed by atoms with van der Waals surface area (Å²) in [5, 5.41) is 9.46. The number of nitrogens with one attached hydrogen (secondary N) is 2. The maximum atomic E-state index is 12.6.